The zero-order valence-corrected chi connectivity index (χ0v) is 16.7. The van der Waals surface area contributed by atoms with Crippen LogP contribution in [0.25, 0.3) is 0 Å². The molecule has 0 unspecified atom stereocenters. The first-order valence-electron chi connectivity index (χ1n) is 8.04. The summed E-state index contributed by atoms with van der Waals surface area (Å²) < 4.78 is 55.3. The highest BCUT2D eigenvalue weighted by molar-refractivity contribution is 7.96. The van der Waals surface area contributed by atoms with E-state index in [-0.39, 0.29) is 16.4 Å². The van der Waals surface area contributed by atoms with Crippen molar-refractivity contribution in [1.29, 1.82) is 0 Å². The third-order valence-electron chi connectivity index (χ3n) is 4.36. The maximum atomic E-state index is 13.0. The molecular weight excluding hydrogens is 364 g/mol. The smallest absolute Gasteiger partial charge is 0.183 e. The summed E-state index contributed by atoms with van der Waals surface area (Å²) in [7, 11) is -1.83. The molecule has 0 aromatic heterocycles. The van der Waals surface area contributed by atoms with E-state index in [2.05, 4.69) is 5.32 Å². The molecular formula is C16H26N2O5S2. The Labute approximate surface area is 150 Å². The molecule has 1 aliphatic heterocycles. The summed E-state index contributed by atoms with van der Waals surface area (Å²) in [4.78, 5) is 2.08. The lowest BCUT2D eigenvalue weighted by Gasteiger charge is -2.21. The fraction of sp³-hybridized carbons (Fsp3) is 0.625. The lowest BCUT2D eigenvalue weighted by atomic mass is 10.2. The number of rotatable bonds is 7. The Morgan fingerprint density at radius 2 is 1.96 bits per heavy atom. The SMILES string of the molecule is COc1ccc(S(=O)(=O)[C@H]2CS(=O)(=O)C[C@@H]2NCCN(C)C)cc1C. The van der Waals surface area contributed by atoms with Gasteiger partial charge in [0.05, 0.1) is 28.8 Å². The van der Waals surface area contributed by atoms with E-state index in [1.807, 2.05) is 19.0 Å². The van der Waals surface area contributed by atoms with E-state index >= 15 is 0 Å². The van der Waals surface area contributed by atoms with Gasteiger partial charge in [-0.3, -0.25) is 0 Å². The molecule has 1 saturated heterocycles. The number of sulfone groups is 2. The van der Waals surface area contributed by atoms with Crippen molar-refractivity contribution in [3.8, 4) is 5.75 Å². The van der Waals surface area contributed by atoms with Gasteiger partial charge < -0.3 is 15.0 Å². The third-order valence-corrected chi connectivity index (χ3v) is 8.51. The van der Waals surface area contributed by atoms with Crippen molar-refractivity contribution in [3.05, 3.63) is 23.8 Å². The molecule has 142 valence electrons. The van der Waals surface area contributed by atoms with Crippen LogP contribution in [0.15, 0.2) is 23.1 Å². The van der Waals surface area contributed by atoms with Crippen molar-refractivity contribution in [2.45, 2.75) is 23.1 Å². The zero-order valence-electron chi connectivity index (χ0n) is 15.0. The molecule has 0 spiro atoms. The first-order chi connectivity index (χ1) is 11.6. The van der Waals surface area contributed by atoms with Gasteiger partial charge in [-0.15, -0.1) is 0 Å². The normalized spacial score (nSPS) is 23.1. The van der Waals surface area contributed by atoms with Gasteiger partial charge in [0.15, 0.2) is 19.7 Å². The summed E-state index contributed by atoms with van der Waals surface area (Å²) in [5, 5.41) is 2.13. The molecule has 25 heavy (non-hydrogen) atoms. The summed E-state index contributed by atoms with van der Waals surface area (Å²) >= 11 is 0. The number of hydrogen-bond donors (Lipinski definition) is 1. The number of benzene rings is 1. The lowest BCUT2D eigenvalue weighted by molar-refractivity contribution is 0.388. The number of nitrogens with zero attached hydrogens (tertiary/aromatic N) is 1. The van der Waals surface area contributed by atoms with Crippen LogP contribution in [0, 0.1) is 6.92 Å². The summed E-state index contributed by atoms with van der Waals surface area (Å²) in [6.45, 7) is 2.99. The first kappa shape index (κ1) is 20.2. The second-order valence-corrected chi connectivity index (χ2v) is 11.0. The van der Waals surface area contributed by atoms with Crippen molar-refractivity contribution in [3.63, 3.8) is 0 Å². The fourth-order valence-electron chi connectivity index (χ4n) is 2.99. The Morgan fingerprint density at radius 1 is 1.28 bits per heavy atom. The minimum absolute atomic E-state index is 0.132. The van der Waals surface area contributed by atoms with E-state index in [1.165, 1.54) is 19.2 Å². The van der Waals surface area contributed by atoms with Crippen molar-refractivity contribution < 1.29 is 21.6 Å². The minimum Gasteiger partial charge on any atom is -0.496 e. The summed E-state index contributed by atoms with van der Waals surface area (Å²) in [6.07, 6.45) is 0. The topological polar surface area (TPSA) is 92.8 Å². The monoisotopic (exact) mass is 390 g/mol. The highest BCUT2D eigenvalue weighted by atomic mass is 32.2. The number of nitrogens with one attached hydrogen (secondary N) is 1. The molecule has 1 aliphatic rings. The summed E-state index contributed by atoms with van der Waals surface area (Å²) in [5.74, 6) is 0.0955. The highest BCUT2D eigenvalue weighted by Crippen LogP contribution is 2.29. The van der Waals surface area contributed by atoms with Gasteiger partial charge >= 0.3 is 0 Å². The van der Waals surface area contributed by atoms with Crippen LogP contribution in [-0.2, 0) is 19.7 Å². The molecule has 1 fully saturated rings. The standard InChI is InChI=1S/C16H26N2O5S2/c1-12-9-13(5-6-15(12)23-4)25(21,22)16-11-24(19,20)10-14(16)17-7-8-18(2)3/h5-6,9,14,16-17H,7-8,10-11H2,1-4H3/t14-,16-/m0/s1. The molecule has 9 heteroatoms. The molecule has 1 aromatic rings. The summed E-state index contributed by atoms with van der Waals surface area (Å²) in [6, 6.07) is 4.01. The first-order valence-corrected chi connectivity index (χ1v) is 11.4. The quantitative estimate of drug-likeness (QED) is 0.705. The molecule has 0 radical (unpaired) electrons. The maximum Gasteiger partial charge on any atom is 0.183 e. The Balaban J connectivity index is 2.29. The Hall–Kier alpha value is -1.16. The van der Waals surface area contributed by atoms with E-state index in [0.29, 0.717) is 24.4 Å². The van der Waals surface area contributed by atoms with Gasteiger partial charge in [-0.05, 0) is 44.8 Å². The average molecular weight is 391 g/mol. The predicted molar refractivity (Wildman–Crippen MR) is 97.7 cm³/mol. The van der Waals surface area contributed by atoms with E-state index in [4.69, 9.17) is 4.74 Å². The van der Waals surface area contributed by atoms with Crippen molar-refractivity contribution in [2.24, 2.45) is 0 Å². The van der Waals surface area contributed by atoms with Crippen molar-refractivity contribution in [1.82, 2.24) is 10.2 Å². The maximum absolute atomic E-state index is 13.0. The van der Waals surface area contributed by atoms with Crippen LogP contribution in [0.5, 0.6) is 5.75 Å². The summed E-state index contributed by atoms with van der Waals surface area (Å²) in [5.41, 5.74) is 0.696. The highest BCUT2D eigenvalue weighted by Gasteiger charge is 2.45. The third kappa shape index (κ3) is 4.72. The van der Waals surface area contributed by atoms with Gasteiger partial charge in [-0.25, -0.2) is 16.8 Å². The van der Waals surface area contributed by atoms with Gasteiger partial charge in [0, 0.05) is 19.1 Å². The second kappa shape index (κ2) is 7.61. The zero-order chi connectivity index (χ0) is 18.8. The van der Waals surface area contributed by atoms with Crippen LogP contribution >= 0.6 is 0 Å². The average Bonchev–Trinajstić information content (AvgIpc) is 2.82. The minimum atomic E-state index is -3.77. The van der Waals surface area contributed by atoms with Crippen molar-refractivity contribution in [2.75, 3.05) is 45.8 Å². The van der Waals surface area contributed by atoms with E-state index in [0.717, 1.165) is 0 Å². The van der Waals surface area contributed by atoms with Gasteiger partial charge in [0.1, 0.15) is 5.75 Å². The number of hydrogen-bond acceptors (Lipinski definition) is 7. The number of ether oxygens (including phenoxy) is 1. The Morgan fingerprint density at radius 3 is 2.52 bits per heavy atom. The van der Waals surface area contributed by atoms with E-state index < -0.39 is 31.0 Å². The van der Waals surface area contributed by atoms with Gasteiger partial charge in [0.2, 0.25) is 0 Å². The second-order valence-electron chi connectivity index (χ2n) is 6.66. The molecule has 7 nitrogen and oxygen atoms in total. The van der Waals surface area contributed by atoms with Crippen LogP contribution in [0.1, 0.15) is 5.56 Å². The Kier molecular flexibility index (Phi) is 6.13. The number of aryl methyl sites for hydroxylation is 1. The number of methoxy groups -OCH3 is 1. The van der Waals surface area contributed by atoms with Crippen LogP contribution in [0.2, 0.25) is 0 Å². The number of likely N-dealkylation sites (N-methyl/N-ethyl adjacent to an activating group) is 1. The van der Waals surface area contributed by atoms with E-state index in [9.17, 15) is 16.8 Å². The fourth-order valence-corrected chi connectivity index (χ4v) is 7.79. The molecule has 0 aliphatic carbocycles. The lowest BCUT2D eigenvalue weighted by Crippen LogP contribution is -2.45. The molecule has 1 heterocycles. The molecule has 1 aromatic carbocycles. The molecule has 2 rings (SSSR count). The molecule has 0 bridgehead atoms. The predicted octanol–water partition coefficient (Wildman–Crippen LogP) is 0.0941. The van der Waals surface area contributed by atoms with E-state index in [1.54, 1.807) is 13.0 Å². The molecule has 2 atom stereocenters. The van der Waals surface area contributed by atoms with Gasteiger partial charge in [0.25, 0.3) is 0 Å². The van der Waals surface area contributed by atoms with Gasteiger partial charge in [-0.2, -0.15) is 0 Å². The van der Waals surface area contributed by atoms with Crippen LogP contribution in [-0.4, -0.2) is 78.8 Å². The van der Waals surface area contributed by atoms with Crippen LogP contribution in [0.3, 0.4) is 0 Å². The largest absolute Gasteiger partial charge is 0.496 e. The molecule has 0 saturated carbocycles. The van der Waals surface area contributed by atoms with Crippen LogP contribution < -0.4 is 10.1 Å². The van der Waals surface area contributed by atoms with Crippen molar-refractivity contribution >= 4 is 19.7 Å². The van der Waals surface area contributed by atoms with Crippen LogP contribution in [0.4, 0.5) is 0 Å². The van der Waals surface area contributed by atoms with Gasteiger partial charge in [-0.1, -0.05) is 0 Å². The molecule has 0 amide bonds. The Bertz CT molecular complexity index is 819. The molecule has 1 N–H and O–H groups in total.